The van der Waals surface area contributed by atoms with Crippen LogP contribution in [0.2, 0.25) is 0 Å². The summed E-state index contributed by atoms with van der Waals surface area (Å²) >= 11 is 0. The molecule has 1 aromatic carbocycles. The molecule has 2 heterocycles. The van der Waals surface area contributed by atoms with Crippen LogP contribution in [0.3, 0.4) is 0 Å². The number of aromatic amines is 1. The lowest BCUT2D eigenvalue weighted by molar-refractivity contribution is -0.0338. The molecule has 5 nitrogen and oxygen atoms in total. The van der Waals surface area contributed by atoms with Crippen LogP contribution in [0, 0.1) is 5.82 Å². The molecule has 0 bridgehead atoms. The Morgan fingerprint density at radius 1 is 1.38 bits per heavy atom. The maximum atomic E-state index is 13.9. The van der Waals surface area contributed by atoms with Crippen LogP contribution >= 0.6 is 24.8 Å². The van der Waals surface area contributed by atoms with Crippen LogP contribution in [0.5, 0.6) is 0 Å². The predicted molar refractivity (Wildman–Crippen MR) is 97.7 cm³/mol. The highest BCUT2D eigenvalue weighted by atomic mass is 35.5. The SMILES string of the molecule is Cl.Cl.NCCC1CN(Cc2cc(=O)c3cccc(F)c3[nH]2)CCO1. The Hall–Kier alpha value is -1.18. The summed E-state index contributed by atoms with van der Waals surface area (Å²) < 4.78 is 19.5. The van der Waals surface area contributed by atoms with Crippen molar-refractivity contribution in [2.24, 2.45) is 5.73 Å². The molecule has 8 heteroatoms. The van der Waals surface area contributed by atoms with Gasteiger partial charge in [-0.3, -0.25) is 9.69 Å². The summed E-state index contributed by atoms with van der Waals surface area (Å²) in [6.45, 7) is 3.38. The molecule has 0 radical (unpaired) electrons. The largest absolute Gasteiger partial charge is 0.376 e. The van der Waals surface area contributed by atoms with Gasteiger partial charge in [0.1, 0.15) is 5.82 Å². The van der Waals surface area contributed by atoms with Crippen molar-refractivity contribution in [2.45, 2.75) is 19.1 Å². The van der Waals surface area contributed by atoms with Crippen molar-refractivity contribution in [1.29, 1.82) is 0 Å². The average Bonchev–Trinajstić information content (AvgIpc) is 2.49. The summed E-state index contributed by atoms with van der Waals surface area (Å²) in [6, 6.07) is 6.09. The van der Waals surface area contributed by atoms with Gasteiger partial charge in [0.25, 0.3) is 0 Å². The van der Waals surface area contributed by atoms with E-state index >= 15 is 0 Å². The van der Waals surface area contributed by atoms with Crippen molar-refractivity contribution in [3.05, 3.63) is 46.0 Å². The molecule has 1 saturated heterocycles. The Bertz CT molecular complexity index is 724. The molecule has 1 aliphatic rings. The fourth-order valence-electron chi connectivity index (χ4n) is 2.90. The number of hydrogen-bond acceptors (Lipinski definition) is 4. The van der Waals surface area contributed by atoms with E-state index in [1.807, 2.05) is 0 Å². The van der Waals surface area contributed by atoms with E-state index in [2.05, 4.69) is 9.88 Å². The summed E-state index contributed by atoms with van der Waals surface area (Å²) in [7, 11) is 0. The lowest BCUT2D eigenvalue weighted by atomic mass is 10.1. The number of halogens is 3. The van der Waals surface area contributed by atoms with Gasteiger partial charge in [-0.1, -0.05) is 6.07 Å². The standard InChI is InChI=1S/C16H20FN3O2.2ClH/c17-14-3-1-2-13-15(21)8-11(19-16(13)14)9-20-6-7-22-12(10-20)4-5-18;;/h1-3,8,12H,4-7,9-10,18H2,(H,19,21);2*1H. The number of para-hydroxylation sites is 1. The van der Waals surface area contributed by atoms with Crippen molar-refractivity contribution in [3.63, 3.8) is 0 Å². The van der Waals surface area contributed by atoms with Crippen LogP contribution in [-0.2, 0) is 11.3 Å². The zero-order chi connectivity index (χ0) is 15.5. The van der Waals surface area contributed by atoms with Gasteiger partial charge in [-0.05, 0) is 25.1 Å². The minimum Gasteiger partial charge on any atom is -0.376 e. The predicted octanol–water partition coefficient (Wildman–Crippen LogP) is 2.06. The summed E-state index contributed by atoms with van der Waals surface area (Å²) in [5.41, 5.74) is 6.40. The zero-order valence-electron chi connectivity index (χ0n) is 13.2. The molecule has 1 aromatic heterocycles. The molecule has 0 saturated carbocycles. The van der Waals surface area contributed by atoms with Crippen molar-refractivity contribution < 1.29 is 9.13 Å². The number of ether oxygens (including phenoxy) is 1. The highest BCUT2D eigenvalue weighted by molar-refractivity contribution is 5.85. The van der Waals surface area contributed by atoms with E-state index in [1.165, 1.54) is 6.07 Å². The van der Waals surface area contributed by atoms with Crippen LogP contribution in [-0.4, -0.2) is 42.2 Å². The van der Waals surface area contributed by atoms with E-state index in [1.54, 1.807) is 18.2 Å². The Morgan fingerprint density at radius 3 is 2.92 bits per heavy atom. The van der Waals surface area contributed by atoms with Gasteiger partial charge in [-0.15, -0.1) is 24.8 Å². The van der Waals surface area contributed by atoms with Crippen molar-refractivity contribution in [3.8, 4) is 0 Å². The highest BCUT2D eigenvalue weighted by Gasteiger charge is 2.20. The number of fused-ring (bicyclic) bond motifs is 1. The lowest BCUT2D eigenvalue weighted by Gasteiger charge is -2.32. The monoisotopic (exact) mass is 377 g/mol. The Labute approximate surface area is 152 Å². The van der Waals surface area contributed by atoms with E-state index in [9.17, 15) is 9.18 Å². The van der Waals surface area contributed by atoms with Crippen LogP contribution in [0.15, 0.2) is 29.1 Å². The van der Waals surface area contributed by atoms with Crippen LogP contribution in [0.1, 0.15) is 12.1 Å². The number of nitrogens with two attached hydrogens (primary N) is 1. The summed E-state index contributed by atoms with van der Waals surface area (Å²) in [5.74, 6) is -0.403. The van der Waals surface area contributed by atoms with Gasteiger partial charge >= 0.3 is 0 Å². The number of pyridine rings is 1. The van der Waals surface area contributed by atoms with Gasteiger partial charge in [-0.25, -0.2) is 4.39 Å². The third kappa shape index (κ3) is 4.68. The van der Waals surface area contributed by atoms with Crippen molar-refractivity contribution in [2.75, 3.05) is 26.2 Å². The fourth-order valence-corrected chi connectivity index (χ4v) is 2.90. The number of nitrogens with one attached hydrogen (secondary N) is 1. The molecular formula is C16H22Cl2FN3O2. The van der Waals surface area contributed by atoms with E-state index < -0.39 is 5.82 Å². The summed E-state index contributed by atoms with van der Waals surface area (Å²) in [6.07, 6.45) is 0.946. The van der Waals surface area contributed by atoms with Crippen LogP contribution < -0.4 is 11.2 Å². The van der Waals surface area contributed by atoms with Gasteiger partial charge in [0.15, 0.2) is 5.43 Å². The minimum absolute atomic E-state index is 0. The van der Waals surface area contributed by atoms with E-state index in [4.69, 9.17) is 10.5 Å². The third-order valence-electron chi connectivity index (χ3n) is 3.98. The lowest BCUT2D eigenvalue weighted by Crippen LogP contribution is -2.42. The second-order valence-corrected chi connectivity index (χ2v) is 5.63. The molecule has 0 aliphatic carbocycles. The number of morpholine rings is 1. The van der Waals surface area contributed by atoms with Crippen LogP contribution in [0.25, 0.3) is 10.9 Å². The molecule has 0 amide bonds. The molecule has 0 spiro atoms. The Balaban J connectivity index is 0.00000144. The van der Waals surface area contributed by atoms with Gasteiger partial charge in [0, 0.05) is 36.8 Å². The Kier molecular flexibility index (Phi) is 8.12. The molecular weight excluding hydrogens is 356 g/mol. The molecule has 134 valence electrons. The first kappa shape index (κ1) is 20.9. The van der Waals surface area contributed by atoms with Crippen LogP contribution in [0.4, 0.5) is 4.39 Å². The second-order valence-electron chi connectivity index (χ2n) is 5.63. The van der Waals surface area contributed by atoms with Gasteiger partial charge < -0.3 is 15.5 Å². The number of benzene rings is 1. The maximum absolute atomic E-state index is 13.9. The molecule has 24 heavy (non-hydrogen) atoms. The van der Waals surface area contributed by atoms with E-state index in [-0.39, 0.29) is 41.9 Å². The first-order chi connectivity index (χ1) is 10.7. The number of H-pyrrole nitrogens is 1. The quantitative estimate of drug-likeness (QED) is 0.855. The second kappa shape index (κ2) is 9.34. The molecule has 3 rings (SSSR count). The van der Waals surface area contributed by atoms with Gasteiger partial charge in [-0.2, -0.15) is 0 Å². The molecule has 1 fully saturated rings. The minimum atomic E-state index is -0.403. The number of nitrogens with zero attached hydrogens (tertiary/aromatic N) is 1. The maximum Gasteiger partial charge on any atom is 0.189 e. The summed E-state index contributed by atoms with van der Waals surface area (Å²) in [5, 5.41) is 0.381. The molecule has 1 atom stereocenters. The van der Waals surface area contributed by atoms with Gasteiger partial charge in [0.2, 0.25) is 0 Å². The van der Waals surface area contributed by atoms with Crippen molar-refractivity contribution >= 4 is 35.7 Å². The first-order valence-electron chi connectivity index (χ1n) is 7.52. The number of rotatable bonds is 4. The molecule has 1 aliphatic heterocycles. The smallest absolute Gasteiger partial charge is 0.189 e. The number of hydrogen-bond donors (Lipinski definition) is 2. The fraction of sp³-hybridized carbons (Fsp3) is 0.438. The Morgan fingerprint density at radius 2 is 2.17 bits per heavy atom. The topological polar surface area (TPSA) is 71.3 Å². The molecule has 2 aromatic rings. The third-order valence-corrected chi connectivity index (χ3v) is 3.98. The molecule has 3 N–H and O–H groups in total. The van der Waals surface area contributed by atoms with E-state index in [0.717, 1.165) is 25.2 Å². The number of aromatic nitrogens is 1. The van der Waals surface area contributed by atoms with Crippen molar-refractivity contribution in [1.82, 2.24) is 9.88 Å². The zero-order valence-corrected chi connectivity index (χ0v) is 14.8. The summed E-state index contributed by atoms with van der Waals surface area (Å²) in [4.78, 5) is 17.4. The molecule has 1 unspecified atom stereocenters. The normalized spacial score (nSPS) is 18.0. The first-order valence-corrected chi connectivity index (χ1v) is 7.52. The highest BCUT2D eigenvalue weighted by Crippen LogP contribution is 2.15. The van der Waals surface area contributed by atoms with E-state index in [0.29, 0.717) is 25.1 Å². The average molecular weight is 378 g/mol. The van der Waals surface area contributed by atoms with Gasteiger partial charge in [0.05, 0.1) is 18.2 Å².